The maximum Gasteiger partial charge on any atom is 0.336 e. The highest BCUT2D eigenvalue weighted by molar-refractivity contribution is 9.10. The van der Waals surface area contributed by atoms with Crippen molar-refractivity contribution in [3.63, 3.8) is 0 Å². The molecule has 0 aliphatic heterocycles. The fourth-order valence-electron chi connectivity index (χ4n) is 3.38. The van der Waals surface area contributed by atoms with Gasteiger partial charge in [-0.15, -0.1) is 11.3 Å². The number of ether oxygens (including phenoxy) is 1. The second-order valence-corrected chi connectivity index (χ2v) is 8.72. The van der Waals surface area contributed by atoms with Crippen LogP contribution >= 0.6 is 27.3 Å². The van der Waals surface area contributed by atoms with Gasteiger partial charge >= 0.3 is 5.97 Å². The quantitative estimate of drug-likeness (QED) is 0.565. The number of benzene rings is 1. The minimum Gasteiger partial charge on any atom is -0.478 e. The van der Waals surface area contributed by atoms with Crippen molar-refractivity contribution in [1.82, 2.24) is 4.98 Å². The molecule has 1 aromatic heterocycles. The Morgan fingerprint density at radius 2 is 2.12 bits per heavy atom. The number of halogens is 1. The van der Waals surface area contributed by atoms with E-state index in [1.807, 2.05) is 6.07 Å². The summed E-state index contributed by atoms with van der Waals surface area (Å²) in [6, 6.07) is 3.56. The van der Waals surface area contributed by atoms with Gasteiger partial charge in [-0.05, 0) is 66.1 Å². The Morgan fingerprint density at radius 3 is 2.80 bits per heavy atom. The first-order valence-corrected chi connectivity index (χ1v) is 10.6. The Balaban J connectivity index is 1.62. The molecule has 0 spiro atoms. The van der Waals surface area contributed by atoms with E-state index in [2.05, 4.69) is 22.9 Å². The summed E-state index contributed by atoms with van der Waals surface area (Å²) in [4.78, 5) is 16.0. The number of carboxylic acids is 1. The second kappa shape index (κ2) is 8.60. The molecule has 136 valence electrons. The van der Waals surface area contributed by atoms with Crippen LogP contribution in [0.2, 0.25) is 0 Å². The lowest BCUT2D eigenvalue weighted by molar-refractivity contribution is 0.0696. The molecule has 1 heterocycles. The molecule has 1 aliphatic rings. The van der Waals surface area contributed by atoms with Gasteiger partial charge in [-0.25, -0.2) is 9.78 Å². The van der Waals surface area contributed by atoms with E-state index in [1.165, 1.54) is 19.3 Å². The molecule has 0 radical (unpaired) electrons. The first-order valence-electron chi connectivity index (χ1n) is 8.99. The molecule has 0 unspecified atom stereocenters. The predicted octanol–water partition coefficient (Wildman–Crippen LogP) is 5.85. The van der Waals surface area contributed by atoms with Crippen LogP contribution in [0.4, 0.5) is 0 Å². The number of carboxylic acid groups (broad SMARTS) is 1. The van der Waals surface area contributed by atoms with Gasteiger partial charge in [-0.1, -0.05) is 13.3 Å². The van der Waals surface area contributed by atoms with Gasteiger partial charge in [-0.3, -0.25) is 0 Å². The molecule has 0 saturated heterocycles. The molecular formula is C19H24BrNO3S. The molecule has 3 rings (SSSR count). The maximum absolute atomic E-state index is 11.3. The van der Waals surface area contributed by atoms with E-state index in [0.717, 1.165) is 47.7 Å². The Hall–Kier alpha value is -0.980. The van der Waals surface area contributed by atoms with Crippen molar-refractivity contribution in [3.8, 4) is 0 Å². The third kappa shape index (κ3) is 4.60. The first-order chi connectivity index (χ1) is 12.1. The summed E-state index contributed by atoms with van der Waals surface area (Å²) in [7, 11) is 0. The lowest BCUT2D eigenvalue weighted by Crippen LogP contribution is -2.18. The normalized spacial score (nSPS) is 20.9. The Bertz CT molecular complexity index is 738. The standard InChI is InChI=1S/C19H24BrNO3S/c1-2-3-8-24-11-12-4-6-13(7-5-12)18-21-16-9-14(19(22)23)15(20)10-17(16)25-18/h9-10,12-13H,2-8,11H2,1H3,(H,22,23). The molecule has 1 fully saturated rings. The number of carbonyl (C=O) groups is 1. The van der Waals surface area contributed by atoms with E-state index in [1.54, 1.807) is 17.4 Å². The number of fused-ring (bicyclic) bond motifs is 1. The van der Waals surface area contributed by atoms with E-state index in [4.69, 9.17) is 9.72 Å². The predicted molar refractivity (Wildman–Crippen MR) is 105 cm³/mol. The van der Waals surface area contributed by atoms with Gasteiger partial charge in [0.05, 0.1) is 20.8 Å². The molecule has 2 aromatic rings. The van der Waals surface area contributed by atoms with Crippen molar-refractivity contribution in [2.75, 3.05) is 13.2 Å². The van der Waals surface area contributed by atoms with E-state index in [0.29, 0.717) is 16.3 Å². The Kier molecular flexibility index (Phi) is 6.47. The van der Waals surface area contributed by atoms with Crippen LogP contribution in [0.15, 0.2) is 16.6 Å². The molecule has 1 aliphatic carbocycles. The van der Waals surface area contributed by atoms with Crippen molar-refractivity contribution in [2.24, 2.45) is 5.92 Å². The zero-order valence-corrected chi connectivity index (χ0v) is 16.9. The highest BCUT2D eigenvalue weighted by atomic mass is 79.9. The minimum absolute atomic E-state index is 0.275. The van der Waals surface area contributed by atoms with E-state index in [9.17, 15) is 9.90 Å². The van der Waals surface area contributed by atoms with Crippen molar-refractivity contribution < 1.29 is 14.6 Å². The second-order valence-electron chi connectivity index (χ2n) is 6.80. The van der Waals surface area contributed by atoms with Crippen LogP contribution in [0.25, 0.3) is 10.2 Å². The summed E-state index contributed by atoms with van der Waals surface area (Å²) in [6.45, 7) is 3.96. The lowest BCUT2D eigenvalue weighted by atomic mass is 9.83. The molecule has 0 atom stereocenters. The number of nitrogens with zero attached hydrogens (tertiary/aromatic N) is 1. The van der Waals surface area contributed by atoms with E-state index < -0.39 is 5.97 Å². The Morgan fingerprint density at radius 1 is 1.36 bits per heavy atom. The lowest BCUT2D eigenvalue weighted by Gasteiger charge is -2.27. The summed E-state index contributed by atoms with van der Waals surface area (Å²) < 4.78 is 7.45. The number of unbranched alkanes of at least 4 members (excludes halogenated alkanes) is 1. The van der Waals surface area contributed by atoms with Gasteiger partial charge in [0.2, 0.25) is 0 Å². The zero-order chi connectivity index (χ0) is 17.8. The average Bonchev–Trinajstić information content (AvgIpc) is 3.01. The summed E-state index contributed by atoms with van der Waals surface area (Å²) >= 11 is 5.05. The number of aromatic carboxylic acids is 1. The van der Waals surface area contributed by atoms with Crippen LogP contribution in [0.1, 0.15) is 66.7 Å². The molecule has 6 heteroatoms. The zero-order valence-electron chi connectivity index (χ0n) is 14.5. The summed E-state index contributed by atoms with van der Waals surface area (Å²) in [5.41, 5.74) is 1.07. The molecule has 25 heavy (non-hydrogen) atoms. The van der Waals surface area contributed by atoms with E-state index in [-0.39, 0.29) is 5.56 Å². The third-order valence-corrected chi connectivity index (χ3v) is 6.75. The van der Waals surface area contributed by atoms with Crippen molar-refractivity contribution in [1.29, 1.82) is 0 Å². The van der Waals surface area contributed by atoms with Gasteiger partial charge in [0.1, 0.15) is 0 Å². The SMILES string of the molecule is CCCCOCC1CCC(c2nc3cc(C(=O)O)c(Br)cc3s2)CC1. The van der Waals surface area contributed by atoms with Crippen LogP contribution < -0.4 is 0 Å². The van der Waals surface area contributed by atoms with Crippen LogP contribution in [0.3, 0.4) is 0 Å². The largest absolute Gasteiger partial charge is 0.478 e. The average molecular weight is 426 g/mol. The summed E-state index contributed by atoms with van der Waals surface area (Å²) in [5.74, 6) is 0.249. The molecule has 0 amide bonds. The van der Waals surface area contributed by atoms with Gasteiger partial charge in [0.25, 0.3) is 0 Å². The number of aromatic nitrogens is 1. The molecule has 4 nitrogen and oxygen atoms in total. The molecule has 1 N–H and O–H groups in total. The van der Waals surface area contributed by atoms with Gasteiger partial charge < -0.3 is 9.84 Å². The van der Waals surface area contributed by atoms with E-state index >= 15 is 0 Å². The number of thiazole rings is 1. The Labute approximate surface area is 160 Å². The van der Waals surface area contributed by atoms with Crippen molar-refractivity contribution in [2.45, 2.75) is 51.4 Å². The van der Waals surface area contributed by atoms with Crippen molar-refractivity contribution >= 4 is 43.5 Å². The maximum atomic E-state index is 11.3. The molecule has 1 aromatic carbocycles. The van der Waals surface area contributed by atoms with Gasteiger partial charge in [0.15, 0.2) is 0 Å². The number of rotatable bonds is 7. The summed E-state index contributed by atoms with van der Waals surface area (Å²) in [5, 5.41) is 10.4. The van der Waals surface area contributed by atoms with Gasteiger partial charge in [0, 0.05) is 23.6 Å². The smallest absolute Gasteiger partial charge is 0.336 e. The van der Waals surface area contributed by atoms with Crippen LogP contribution in [0, 0.1) is 5.92 Å². The monoisotopic (exact) mass is 425 g/mol. The number of hydrogen-bond donors (Lipinski definition) is 1. The van der Waals surface area contributed by atoms with Crippen molar-refractivity contribution in [3.05, 3.63) is 27.2 Å². The fourth-order valence-corrected chi connectivity index (χ4v) is 5.20. The third-order valence-electron chi connectivity index (χ3n) is 4.92. The minimum atomic E-state index is -0.924. The molecule has 0 bridgehead atoms. The van der Waals surface area contributed by atoms with Gasteiger partial charge in [-0.2, -0.15) is 0 Å². The molecule has 1 saturated carbocycles. The number of hydrogen-bond acceptors (Lipinski definition) is 4. The summed E-state index contributed by atoms with van der Waals surface area (Å²) in [6.07, 6.45) is 7.01. The highest BCUT2D eigenvalue weighted by Gasteiger charge is 2.25. The van der Waals surface area contributed by atoms with Crippen LogP contribution in [-0.2, 0) is 4.74 Å². The molecular weight excluding hydrogens is 402 g/mol. The van der Waals surface area contributed by atoms with Crippen LogP contribution in [0.5, 0.6) is 0 Å². The fraction of sp³-hybridized carbons (Fsp3) is 0.579. The van der Waals surface area contributed by atoms with Crippen LogP contribution in [-0.4, -0.2) is 29.3 Å². The first kappa shape index (κ1) is 18.8. The highest BCUT2D eigenvalue weighted by Crippen LogP contribution is 2.40. The topological polar surface area (TPSA) is 59.4 Å².